The molecular weight excluding hydrogens is 222 g/mol. The van der Waals surface area contributed by atoms with Gasteiger partial charge in [-0.1, -0.05) is 38.1 Å². The van der Waals surface area contributed by atoms with Crippen molar-refractivity contribution in [3.05, 3.63) is 35.4 Å². The quantitative estimate of drug-likeness (QED) is 0.878. The fourth-order valence-electron chi connectivity index (χ4n) is 1.73. The molecule has 1 aromatic carbocycles. The summed E-state index contributed by atoms with van der Waals surface area (Å²) in [5, 5.41) is 0. The summed E-state index contributed by atoms with van der Waals surface area (Å²) in [6.07, 6.45) is 1.20. The van der Waals surface area contributed by atoms with E-state index < -0.39 is 10.0 Å². The van der Waals surface area contributed by atoms with E-state index in [9.17, 15) is 8.42 Å². The van der Waals surface area contributed by atoms with E-state index in [1.165, 1.54) is 6.26 Å². The molecule has 0 aliphatic carbocycles. The molecule has 1 aromatic rings. The molecule has 3 nitrogen and oxygen atoms in total. The third-order valence-electron chi connectivity index (χ3n) is 2.53. The van der Waals surface area contributed by atoms with E-state index in [4.69, 9.17) is 0 Å². The van der Waals surface area contributed by atoms with Crippen LogP contribution in [0.3, 0.4) is 0 Å². The number of rotatable bonds is 4. The van der Waals surface area contributed by atoms with Gasteiger partial charge in [0, 0.05) is 6.04 Å². The summed E-state index contributed by atoms with van der Waals surface area (Å²) in [5.74, 6) is 0.218. The Kier molecular flexibility index (Phi) is 4.10. The minimum atomic E-state index is -3.18. The molecule has 0 spiro atoms. The first-order valence-corrected chi connectivity index (χ1v) is 7.23. The zero-order chi connectivity index (χ0) is 12.3. The molecule has 0 saturated heterocycles. The zero-order valence-corrected chi connectivity index (χ0v) is 11.0. The van der Waals surface area contributed by atoms with Crippen LogP contribution in [0, 0.1) is 12.8 Å². The maximum absolute atomic E-state index is 11.3. The van der Waals surface area contributed by atoms with Gasteiger partial charge in [-0.25, -0.2) is 13.1 Å². The fraction of sp³-hybridized carbons (Fsp3) is 0.500. The summed E-state index contributed by atoms with van der Waals surface area (Å²) in [4.78, 5) is 0. The average Bonchev–Trinajstić information content (AvgIpc) is 2.13. The van der Waals surface area contributed by atoms with Crippen LogP contribution >= 0.6 is 0 Å². The van der Waals surface area contributed by atoms with Crippen LogP contribution < -0.4 is 4.72 Å². The van der Waals surface area contributed by atoms with Gasteiger partial charge in [-0.3, -0.25) is 0 Å². The Morgan fingerprint density at radius 2 is 1.75 bits per heavy atom. The molecule has 1 N–H and O–H groups in total. The second-order valence-corrected chi connectivity index (χ2v) is 6.25. The highest BCUT2D eigenvalue weighted by atomic mass is 32.2. The number of hydrogen-bond acceptors (Lipinski definition) is 2. The largest absolute Gasteiger partial charge is 0.213 e. The van der Waals surface area contributed by atoms with Gasteiger partial charge < -0.3 is 0 Å². The van der Waals surface area contributed by atoms with E-state index >= 15 is 0 Å². The highest BCUT2D eigenvalue weighted by Crippen LogP contribution is 2.24. The Morgan fingerprint density at radius 3 is 2.19 bits per heavy atom. The van der Waals surface area contributed by atoms with Gasteiger partial charge in [-0.2, -0.15) is 0 Å². The predicted octanol–water partition coefficient (Wildman–Crippen LogP) is 2.24. The van der Waals surface area contributed by atoms with Gasteiger partial charge in [0.2, 0.25) is 10.0 Å². The average molecular weight is 241 g/mol. The lowest BCUT2D eigenvalue weighted by Crippen LogP contribution is -2.31. The molecule has 0 heterocycles. The first-order chi connectivity index (χ1) is 7.31. The van der Waals surface area contributed by atoms with E-state index in [-0.39, 0.29) is 12.0 Å². The Labute approximate surface area is 97.9 Å². The number of benzene rings is 1. The summed E-state index contributed by atoms with van der Waals surface area (Å²) in [7, 11) is -3.18. The maximum Gasteiger partial charge on any atom is 0.209 e. The van der Waals surface area contributed by atoms with Crippen LogP contribution in [-0.2, 0) is 10.0 Å². The van der Waals surface area contributed by atoms with Gasteiger partial charge in [0.15, 0.2) is 0 Å². The van der Waals surface area contributed by atoms with Crippen molar-refractivity contribution in [3.63, 3.8) is 0 Å². The molecule has 0 aromatic heterocycles. The molecule has 0 saturated carbocycles. The molecule has 0 aliphatic heterocycles. The summed E-state index contributed by atoms with van der Waals surface area (Å²) in [6.45, 7) is 6.01. The first-order valence-electron chi connectivity index (χ1n) is 5.34. The third-order valence-corrected chi connectivity index (χ3v) is 3.21. The SMILES string of the molecule is Cc1ccccc1C(NS(C)(=O)=O)C(C)C. The summed E-state index contributed by atoms with van der Waals surface area (Å²) >= 11 is 0. The fourth-order valence-corrected chi connectivity index (χ4v) is 2.59. The predicted molar refractivity (Wildman–Crippen MR) is 66.7 cm³/mol. The van der Waals surface area contributed by atoms with Crippen LogP contribution in [0.2, 0.25) is 0 Å². The zero-order valence-electron chi connectivity index (χ0n) is 10.2. The lowest BCUT2D eigenvalue weighted by Gasteiger charge is -2.23. The van der Waals surface area contributed by atoms with Crippen molar-refractivity contribution in [2.45, 2.75) is 26.8 Å². The van der Waals surface area contributed by atoms with E-state index in [1.54, 1.807) is 0 Å². The molecule has 1 unspecified atom stereocenters. The van der Waals surface area contributed by atoms with Gasteiger partial charge in [-0.05, 0) is 24.0 Å². The van der Waals surface area contributed by atoms with Crippen molar-refractivity contribution >= 4 is 10.0 Å². The number of hydrogen-bond donors (Lipinski definition) is 1. The van der Waals surface area contributed by atoms with Crippen LogP contribution in [0.25, 0.3) is 0 Å². The van der Waals surface area contributed by atoms with Gasteiger partial charge in [0.25, 0.3) is 0 Å². The minimum absolute atomic E-state index is 0.156. The van der Waals surface area contributed by atoms with Gasteiger partial charge >= 0.3 is 0 Å². The van der Waals surface area contributed by atoms with Crippen molar-refractivity contribution in [3.8, 4) is 0 Å². The molecule has 0 bridgehead atoms. The molecule has 16 heavy (non-hydrogen) atoms. The van der Waals surface area contributed by atoms with Crippen LogP contribution in [0.5, 0.6) is 0 Å². The number of sulfonamides is 1. The molecule has 0 aliphatic rings. The highest BCUT2D eigenvalue weighted by Gasteiger charge is 2.20. The van der Waals surface area contributed by atoms with E-state index in [0.29, 0.717) is 0 Å². The van der Waals surface area contributed by atoms with Crippen molar-refractivity contribution in [2.75, 3.05) is 6.26 Å². The lowest BCUT2D eigenvalue weighted by molar-refractivity contribution is 0.463. The van der Waals surface area contributed by atoms with E-state index in [0.717, 1.165) is 11.1 Å². The molecule has 0 radical (unpaired) electrons. The number of aryl methyl sites for hydroxylation is 1. The number of nitrogens with one attached hydrogen (secondary N) is 1. The molecule has 4 heteroatoms. The minimum Gasteiger partial charge on any atom is -0.213 e. The van der Waals surface area contributed by atoms with Crippen molar-refractivity contribution in [1.82, 2.24) is 4.72 Å². The molecule has 1 atom stereocenters. The van der Waals surface area contributed by atoms with Crippen molar-refractivity contribution in [2.24, 2.45) is 5.92 Å². The smallest absolute Gasteiger partial charge is 0.209 e. The Balaban J connectivity index is 3.09. The summed E-state index contributed by atoms with van der Waals surface area (Å²) in [6, 6.07) is 7.70. The molecular formula is C12H19NO2S. The maximum atomic E-state index is 11.3. The normalized spacial score (nSPS) is 14.1. The van der Waals surface area contributed by atoms with Crippen LogP contribution in [0.15, 0.2) is 24.3 Å². The van der Waals surface area contributed by atoms with E-state index in [2.05, 4.69) is 4.72 Å². The van der Waals surface area contributed by atoms with Gasteiger partial charge in [0.1, 0.15) is 0 Å². The standard InChI is InChI=1S/C12H19NO2S/c1-9(2)12(13-16(4,14)15)11-8-6-5-7-10(11)3/h5-9,12-13H,1-4H3. The molecule has 90 valence electrons. The first kappa shape index (κ1) is 13.2. The third kappa shape index (κ3) is 3.61. The molecule has 0 amide bonds. The highest BCUT2D eigenvalue weighted by molar-refractivity contribution is 7.88. The van der Waals surface area contributed by atoms with E-state index in [1.807, 2.05) is 45.0 Å². The summed E-state index contributed by atoms with van der Waals surface area (Å²) < 4.78 is 25.3. The molecule has 1 rings (SSSR count). The topological polar surface area (TPSA) is 46.2 Å². The van der Waals surface area contributed by atoms with Crippen LogP contribution in [0.4, 0.5) is 0 Å². The van der Waals surface area contributed by atoms with Crippen molar-refractivity contribution in [1.29, 1.82) is 0 Å². The monoisotopic (exact) mass is 241 g/mol. The Hall–Kier alpha value is -0.870. The van der Waals surface area contributed by atoms with Gasteiger partial charge in [-0.15, -0.1) is 0 Å². The van der Waals surface area contributed by atoms with Crippen LogP contribution in [-0.4, -0.2) is 14.7 Å². The second kappa shape index (κ2) is 4.97. The molecule has 0 fully saturated rings. The lowest BCUT2D eigenvalue weighted by atomic mass is 9.94. The van der Waals surface area contributed by atoms with Gasteiger partial charge in [0.05, 0.1) is 6.26 Å². The van der Waals surface area contributed by atoms with Crippen LogP contribution in [0.1, 0.15) is 31.0 Å². The Bertz CT molecular complexity index is 452. The summed E-state index contributed by atoms with van der Waals surface area (Å²) in [5.41, 5.74) is 2.15. The second-order valence-electron chi connectivity index (χ2n) is 4.47. The Morgan fingerprint density at radius 1 is 1.19 bits per heavy atom. The van der Waals surface area contributed by atoms with Crippen molar-refractivity contribution < 1.29 is 8.42 Å².